The minimum absolute atomic E-state index is 0.206. The van der Waals surface area contributed by atoms with E-state index in [1.807, 2.05) is 13.8 Å². The molecule has 1 aromatic rings. The number of hydrogen-bond acceptors (Lipinski definition) is 2. The first-order valence-electron chi connectivity index (χ1n) is 6.82. The van der Waals surface area contributed by atoms with Crippen molar-refractivity contribution in [3.05, 3.63) is 35.4 Å². The summed E-state index contributed by atoms with van der Waals surface area (Å²) in [5.41, 5.74) is 3.97. The van der Waals surface area contributed by atoms with Crippen LogP contribution >= 0.6 is 0 Å². The summed E-state index contributed by atoms with van der Waals surface area (Å²) in [6.45, 7) is 4.74. The van der Waals surface area contributed by atoms with E-state index in [9.17, 15) is 18.0 Å². The minimum Gasteiger partial charge on any atom is -0.351 e. The molecule has 0 unspecified atom stereocenters. The molecule has 3 N–H and O–H groups in total. The van der Waals surface area contributed by atoms with Crippen molar-refractivity contribution in [1.29, 1.82) is 0 Å². The van der Waals surface area contributed by atoms with Crippen LogP contribution < -0.4 is 11.1 Å². The van der Waals surface area contributed by atoms with Gasteiger partial charge in [0.25, 0.3) is 5.91 Å². The molecule has 0 saturated carbocycles. The summed E-state index contributed by atoms with van der Waals surface area (Å²) in [4.78, 5) is 12.0. The van der Waals surface area contributed by atoms with Crippen LogP contribution in [0.15, 0.2) is 24.3 Å². The monoisotopic (exact) mass is 302 g/mol. The average Bonchev–Trinajstić information content (AvgIpc) is 2.42. The lowest BCUT2D eigenvalue weighted by Gasteiger charge is -2.25. The van der Waals surface area contributed by atoms with Gasteiger partial charge < -0.3 is 11.1 Å². The normalized spacial score (nSPS) is 12.3. The summed E-state index contributed by atoms with van der Waals surface area (Å²) in [5.74, 6) is -0.705. The number of rotatable bonds is 6. The van der Waals surface area contributed by atoms with E-state index in [1.54, 1.807) is 0 Å². The molecule has 3 nitrogen and oxygen atoms in total. The van der Waals surface area contributed by atoms with Gasteiger partial charge in [0, 0.05) is 6.54 Å². The first-order chi connectivity index (χ1) is 9.67. The van der Waals surface area contributed by atoms with Crippen LogP contribution in [0.3, 0.4) is 0 Å². The Hall–Kier alpha value is -1.56. The summed E-state index contributed by atoms with van der Waals surface area (Å²) < 4.78 is 38.6. The molecule has 0 fully saturated rings. The zero-order chi connectivity index (χ0) is 16.1. The minimum atomic E-state index is -4.54. The van der Waals surface area contributed by atoms with Gasteiger partial charge in [0.15, 0.2) is 0 Å². The van der Waals surface area contributed by atoms with Crippen molar-refractivity contribution in [3.8, 4) is 0 Å². The molecule has 0 spiro atoms. The summed E-state index contributed by atoms with van der Waals surface area (Å²) in [5, 5.41) is 2.58. The lowest BCUT2D eigenvalue weighted by atomic mass is 9.87. The third-order valence-electron chi connectivity index (χ3n) is 3.26. The van der Waals surface area contributed by atoms with Crippen molar-refractivity contribution >= 4 is 5.91 Å². The smallest absolute Gasteiger partial charge is 0.351 e. The number of amides is 1. The fraction of sp³-hybridized carbons (Fsp3) is 0.533. The van der Waals surface area contributed by atoms with Gasteiger partial charge in [-0.3, -0.25) is 4.79 Å². The van der Waals surface area contributed by atoms with Gasteiger partial charge in [-0.2, -0.15) is 13.2 Å². The van der Waals surface area contributed by atoms with E-state index < -0.39 is 17.6 Å². The van der Waals surface area contributed by atoms with Crippen molar-refractivity contribution in [1.82, 2.24) is 5.32 Å². The quantitative estimate of drug-likeness (QED) is 0.848. The van der Waals surface area contributed by atoms with E-state index in [0.717, 1.165) is 18.9 Å². The Morgan fingerprint density at radius 2 is 1.86 bits per heavy atom. The summed E-state index contributed by atoms with van der Waals surface area (Å²) in [7, 11) is 0. The van der Waals surface area contributed by atoms with E-state index in [-0.39, 0.29) is 11.0 Å². The SMILES string of the molecule is CC(C)(CCCN)CNC(=O)c1ccccc1C(F)(F)F. The van der Waals surface area contributed by atoms with Crippen molar-refractivity contribution in [3.63, 3.8) is 0 Å². The van der Waals surface area contributed by atoms with Gasteiger partial charge in [-0.15, -0.1) is 0 Å². The van der Waals surface area contributed by atoms with Crippen LogP contribution in [0.2, 0.25) is 0 Å². The third kappa shape index (κ3) is 5.38. The van der Waals surface area contributed by atoms with E-state index in [0.29, 0.717) is 13.1 Å². The highest BCUT2D eigenvalue weighted by atomic mass is 19.4. The van der Waals surface area contributed by atoms with Crippen LogP contribution in [-0.2, 0) is 6.18 Å². The van der Waals surface area contributed by atoms with Gasteiger partial charge in [0.05, 0.1) is 11.1 Å². The molecule has 0 aliphatic heterocycles. The maximum atomic E-state index is 12.9. The van der Waals surface area contributed by atoms with Crippen LogP contribution in [-0.4, -0.2) is 19.0 Å². The predicted molar refractivity (Wildman–Crippen MR) is 75.8 cm³/mol. The Morgan fingerprint density at radius 3 is 2.43 bits per heavy atom. The molecule has 6 heteroatoms. The van der Waals surface area contributed by atoms with E-state index >= 15 is 0 Å². The number of carbonyl (C=O) groups is 1. The molecule has 0 radical (unpaired) electrons. The maximum absolute atomic E-state index is 12.9. The topological polar surface area (TPSA) is 55.1 Å². The number of nitrogens with one attached hydrogen (secondary N) is 1. The van der Waals surface area contributed by atoms with Gasteiger partial charge in [0.2, 0.25) is 0 Å². The zero-order valence-electron chi connectivity index (χ0n) is 12.3. The highest BCUT2D eigenvalue weighted by Crippen LogP contribution is 2.32. The highest BCUT2D eigenvalue weighted by Gasteiger charge is 2.35. The van der Waals surface area contributed by atoms with Crippen molar-refractivity contribution in [2.75, 3.05) is 13.1 Å². The summed E-state index contributed by atoms with van der Waals surface area (Å²) in [6, 6.07) is 4.79. The Morgan fingerprint density at radius 1 is 1.24 bits per heavy atom. The zero-order valence-corrected chi connectivity index (χ0v) is 12.3. The molecule has 1 rings (SSSR count). The van der Waals surface area contributed by atoms with E-state index in [2.05, 4.69) is 5.32 Å². The fourth-order valence-corrected chi connectivity index (χ4v) is 2.01. The highest BCUT2D eigenvalue weighted by molar-refractivity contribution is 5.95. The first kappa shape index (κ1) is 17.5. The van der Waals surface area contributed by atoms with Crippen molar-refractivity contribution < 1.29 is 18.0 Å². The van der Waals surface area contributed by atoms with Crippen LogP contribution in [0.5, 0.6) is 0 Å². The summed E-state index contributed by atoms with van der Waals surface area (Å²) in [6.07, 6.45) is -2.93. The number of carbonyl (C=O) groups excluding carboxylic acids is 1. The molecule has 0 atom stereocenters. The number of benzene rings is 1. The lowest BCUT2D eigenvalue weighted by Crippen LogP contribution is -2.35. The van der Waals surface area contributed by atoms with Crippen molar-refractivity contribution in [2.45, 2.75) is 32.9 Å². The molecular weight excluding hydrogens is 281 g/mol. The largest absolute Gasteiger partial charge is 0.417 e. The average molecular weight is 302 g/mol. The van der Waals surface area contributed by atoms with Crippen LogP contribution in [0.25, 0.3) is 0 Å². The Balaban J connectivity index is 2.77. The molecular formula is C15H21F3N2O. The summed E-state index contributed by atoms with van der Waals surface area (Å²) >= 11 is 0. The second-order valence-corrected chi connectivity index (χ2v) is 5.78. The van der Waals surface area contributed by atoms with Crippen LogP contribution in [0.1, 0.15) is 42.6 Å². The Labute approximate surface area is 122 Å². The number of halogens is 3. The fourth-order valence-electron chi connectivity index (χ4n) is 2.01. The van der Waals surface area contributed by atoms with Gasteiger partial charge >= 0.3 is 6.18 Å². The second-order valence-electron chi connectivity index (χ2n) is 5.78. The molecule has 0 saturated heterocycles. The van der Waals surface area contributed by atoms with E-state index in [1.165, 1.54) is 18.2 Å². The van der Waals surface area contributed by atoms with Gasteiger partial charge in [-0.1, -0.05) is 26.0 Å². The molecule has 0 heterocycles. The third-order valence-corrected chi connectivity index (χ3v) is 3.26. The lowest BCUT2D eigenvalue weighted by molar-refractivity contribution is -0.137. The van der Waals surface area contributed by atoms with Gasteiger partial charge in [-0.05, 0) is 36.9 Å². The second kappa shape index (κ2) is 6.93. The Kier molecular flexibility index (Phi) is 5.78. The van der Waals surface area contributed by atoms with Gasteiger partial charge in [0.1, 0.15) is 0 Å². The maximum Gasteiger partial charge on any atom is 0.417 e. The molecule has 0 bridgehead atoms. The first-order valence-corrected chi connectivity index (χ1v) is 6.82. The van der Waals surface area contributed by atoms with Crippen LogP contribution in [0.4, 0.5) is 13.2 Å². The number of nitrogens with two attached hydrogens (primary N) is 1. The van der Waals surface area contributed by atoms with Gasteiger partial charge in [-0.25, -0.2) is 0 Å². The number of alkyl halides is 3. The standard InChI is InChI=1S/C15H21F3N2O/c1-14(2,8-5-9-19)10-20-13(21)11-6-3-4-7-12(11)15(16,17)18/h3-4,6-7H,5,8-10,19H2,1-2H3,(H,20,21). The van der Waals surface area contributed by atoms with E-state index in [4.69, 9.17) is 5.73 Å². The molecule has 0 aromatic heterocycles. The van der Waals surface area contributed by atoms with Crippen LogP contribution in [0, 0.1) is 5.41 Å². The molecule has 1 aromatic carbocycles. The molecule has 1 amide bonds. The molecule has 0 aliphatic carbocycles. The molecule has 0 aliphatic rings. The predicted octanol–water partition coefficient (Wildman–Crippen LogP) is 3.20. The molecule has 118 valence electrons. The van der Waals surface area contributed by atoms with Crippen molar-refractivity contribution in [2.24, 2.45) is 11.1 Å². The molecule has 21 heavy (non-hydrogen) atoms. The Bertz CT molecular complexity index is 484. The number of hydrogen-bond donors (Lipinski definition) is 2.